The molecule has 0 fully saturated rings. The molecule has 2 nitrogen and oxygen atoms in total. The molecule has 0 saturated heterocycles. The lowest BCUT2D eigenvalue weighted by atomic mass is 9.94. The zero-order valence-corrected chi connectivity index (χ0v) is 30.7. The van der Waals surface area contributed by atoms with Gasteiger partial charge in [0.05, 0.1) is 22.1 Å². The predicted octanol–water partition coefficient (Wildman–Crippen LogP) is 14.5. The molecule has 11 aromatic rings. The van der Waals surface area contributed by atoms with Crippen molar-refractivity contribution in [1.29, 1.82) is 0 Å². The van der Waals surface area contributed by atoms with Crippen molar-refractivity contribution in [3.05, 3.63) is 218 Å². The second-order valence-electron chi connectivity index (χ2n) is 14.5. The maximum absolute atomic E-state index is 2.44. The van der Waals surface area contributed by atoms with Crippen LogP contribution in [0, 0.1) is 0 Å². The first-order chi connectivity index (χ1) is 27.8. The Bertz CT molecular complexity index is 3220. The van der Waals surface area contributed by atoms with E-state index < -0.39 is 0 Å². The fourth-order valence-corrected chi connectivity index (χ4v) is 8.71. The molecule has 2 heterocycles. The molecule has 0 spiro atoms. The van der Waals surface area contributed by atoms with Crippen LogP contribution in [0.15, 0.2) is 218 Å². The van der Waals surface area contributed by atoms with Gasteiger partial charge in [-0.05, 0) is 93.0 Å². The van der Waals surface area contributed by atoms with Crippen molar-refractivity contribution in [1.82, 2.24) is 9.13 Å². The highest BCUT2D eigenvalue weighted by molar-refractivity contribution is 6.12. The monoisotopic (exact) mass is 712 g/mol. The maximum atomic E-state index is 2.44. The number of nitrogens with zero attached hydrogens (tertiary/aromatic N) is 2. The highest BCUT2D eigenvalue weighted by Gasteiger charge is 2.18. The smallest absolute Gasteiger partial charge is 0.0547 e. The number of rotatable bonds is 6. The maximum Gasteiger partial charge on any atom is 0.0547 e. The molecule has 0 aliphatic carbocycles. The fraction of sp³-hybridized carbons (Fsp3) is 0. The normalized spacial score (nSPS) is 11.6. The van der Waals surface area contributed by atoms with Crippen LogP contribution in [-0.2, 0) is 0 Å². The van der Waals surface area contributed by atoms with E-state index in [0.29, 0.717) is 0 Å². The van der Waals surface area contributed by atoms with E-state index >= 15 is 0 Å². The molecule has 0 amide bonds. The average Bonchev–Trinajstić information content (AvgIpc) is 3.79. The summed E-state index contributed by atoms with van der Waals surface area (Å²) in [7, 11) is 0. The summed E-state index contributed by atoms with van der Waals surface area (Å²) in [5.74, 6) is 0. The Hall–Kier alpha value is -7.42. The Morgan fingerprint density at radius 1 is 0.214 bits per heavy atom. The summed E-state index contributed by atoms with van der Waals surface area (Å²) in [5.41, 5.74) is 16.7. The third-order valence-electron chi connectivity index (χ3n) is 11.3. The largest absolute Gasteiger partial charge is 0.309 e. The Kier molecular flexibility index (Phi) is 7.53. The summed E-state index contributed by atoms with van der Waals surface area (Å²) < 4.78 is 4.87. The highest BCUT2D eigenvalue weighted by Crippen LogP contribution is 2.40. The molecule has 262 valence electrons. The number of benzene rings is 9. The predicted molar refractivity (Wildman–Crippen MR) is 237 cm³/mol. The van der Waals surface area contributed by atoms with Gasteiger partial charge in [0.25, 0.3) is 0 Å². The lowest BCUT2D eigenvalue weighted by Gasteiger charge is -2.15. The number of hydrogen-bond donors (Lipinski definition) is 0. The molecule has 0 atom stereocenters. The lowest BCUT2D eigenvalue weighted by Crippen LogP contribution is -1.96. The van der Waals surface area contributed by atoms with E-state index in [2.05, 4.69) is 228 Å². The number of fused-ring (bicyclic) bond motifs is 6. The topological polar surface area (TPSA) is 9.86 Å². The zero-order valence-electron chi connectivity index (χ0n) is 30.7. The van der Waals surface area contributed by atoms with E-state index in [1.54, 1.807) is 0 Å². The van der Waals surface area contributed by atoms with Crippen LogP contribution in [-0.4, -0.2) is 9.13 Å². The minimum absolute atomic E-state index is 1.14. The van der Waals surface area contributed by atoms with E-state index in [-0.39, 0.29) is 0 Å². The lowest BCUT2D eigenvalue weighted by molar-refractivity contribution is 1.18. The van der Waals surface area contributed by atoms with Gasteiger partial charge in [-0.1, -0.05) is 170 Å². The second-order valence-corrected chi connectivity index (χ2v) is 14.5. The number of para-hydroxylation sites is 2. The van der Waals surface area contributed by atoms with Crippen molar-refractivity contribution in [2.24, 2.45) is 0 Å². The third kappa shape index (κ3) is 5.26. The van der Waals surface area contributed by atoms with Crippen LogP contribution in [0.2, 0.25) is 0 Å². The molecule has 56 heavy (non-hydrogen) atoms. The quantitative estimate of drug-likeness (QED) is 0.162. The van der Waals surface area contributed by atoms with Gasteiger partial charge < -0.3 is 9.13 Å². The van der Waals surface area contributed by atoms with Gasteiger partial charge in [0.2, 0.25) is 0 Å². The van der Waals surface area contributed by atoms with E-state index in [9.17, 15) is 0 Å². The van der Waals surface area contributed by atoms with Crippen LogP contribution in [0.25, 0.3) is 99.5 Å². The van der Waals surface area contributed by atoms with E-state index in [1.807, 2.05) is 0 Å². The summed E-state index contributed by atoms with van der Waals surface area (Å²) >= 11 is 0. The van der Waals surface area contributed by atoms with Gasteiger partial charge in [0, 0.05) is 32.9 Å². The van der Waals surface area contributed by atoms with Crippen molar-refractivity contribution < 1.29 is 0 Å². The summed E-state index contributed by atoms with van der Waals surface area (Å²) in [6.07, 6.45) is 0. The van der Waals surface area contributed by atoms with Gasteiger partial charge in [-0.15, -0.1) is 0 Å². The van der Waals surface area contributed by atoms with E-state index in [4.69, 9.17) is 0 Å². The van der Waals surface area contributed by atoms with Gasteiger partial charge in [0.1, 0.15) is 0 Å². The average molecular weight is 713 g/mol. The molecule has 2 heteroatoms. The highest BCUT2D eigenvalue weighted by atomic mass is 15.0. The van der Waals surface area contributed by atoms with Crippen LogP contribution in [0.3, 0.4) is 0 Å². The van der Waals surface area contributed by atoms with Gasteiger partial charge in [0.15, 0.2) is 0 Å². The first kappa shape index (κ1) is 32.0. The number of hydrogen-bond acceptors (Lipinski definition) is 0. The Morgan fingerprint density at radius 3 is 1.21 bits per heavy atom. The van der Waals surface area contributed by atoms with E-state index in [0.717, 1.165) is 11.4 Å². The molecule has 11 rings (SSSR count). The van der Waals surface area contributed by atoms with Crippen molar-refractivity contribution in [3.63, 3.8) is 0 Å². The molecule has 2 aromatic heterocycles. The summed E-state index contributed by atoms with van der Waals surface area (Å²) in [5, 5.41) is 4.99. The molecular formula is C54H36N2. The minimum atomic E-state index is 1.14. The third-order valence-corrected chi connectivity index (χ3v) is 11.3. The van der Waals surface area contributed by atoms with Crippen molar-refractivity contribution >= 4 is 43.6 Å². The first-order valence-electron chi connectivity index (χ1n) is 19.3. The zero-order chi connectivity index (χ0) is 37.0. The Labute approximate surface area is 325 Å². The van der Waals surface area contributed by atoms with Crippen LogP contribution in [0.4, 0.5) is 0 Å². The standard InChI is InChI=1S/C54H36N2/c1-4-15-37(16-5-1)40-21-14-22-43(33-40)55-51-25-12-10-23-46(51)48-30-27-41(34-53(48)55)42-28-31-49-47-24-11-13-26-52(47)56(54(49)35-42)44-29-32-45(38-17-6-2-7-18-38)50(36-44)39-19-8-3-9-20-39/h1-36H. The fourth-order valence-electron chi connectivity index (χ4n) is 8.71. The molecule has 0 saturated carbocycles. The summed E-state index contributed by atoms with van der Waals surface area (Å²) in [6.45, 7) is 0. The van der Waals surface area contributed by atoms with Crippen molar-refractivity contribution in [3.8, 4) is 55.9 Å². The molecule has 0 aliphatic rings. The van der Waals surface area contributed by atoms with Gasteiger partial charge in [-0.2, -0.15) is 0 Å². The van der Waals surface area contributed by atoms with Gasteiger partial charge >= 0.3 is 0 Å². The Morgan fingerprint density at radius 2 is 0.643 bits per heavy atom. The summed E-state index contributed by atoms with van der Waals surface area (Å²) in [6, 6.07) is 79.4. The molecular weight excluding hydrogens is 677 g/mol. The minimum Gasteiger partial charge on any atom is -0.309 e. The summed E-state index contributed by atoms with van der Waals surface area (Å²) in [4.78, 5) is 0. The Balaban J connectivity index is 1.11. The first-order valence-corrected chi connectivity index (χ1v) is 19.3. The molecule has 0 unspecified atom stereocenters. The number of aromatic nitrogens is 2. The molecule has 0 N–H and O–H groups in total. The van der Waals surface area contributed by atoms with Crippen LogP contribution in [0.1, 0.15) is 0 Å². The van der Waals surface area contributed by atoms with Crippen LogP contribution in [0.5, 0.6) is 0 Å². The molecule has 0 bridgehead atoms. The second kappa shape index (κ2) is 13.2. The SMILES string of the molecule is c1ccc(-c2cccc(-n3c4ccccc4c4ccc(-c5ccc6c7ccccc7n(-c7ccc(-c8ccccc8)c(-c8ccccc8)c7)c6c5)cc43)c2)cc1. The van der Waals surface area contributed by atoms with Gasteiger partial charge in [-0.3, -0.25) is 0 Å². The van der Waals surface area contributed by atoms with E-state index in [1.165, 1.54) is 88.1 Å². The van der Waals surface area contributed by atoms with Crippen LogP contribution < -0.4 is 0 Å². The molecule has 0 radical (unpaired) electrons. The van der Waals surface area contributed by atoms with Crippen LogP contribution >= 0.6 is 0 Å². The van der Waals surface area contributed by atoms with Crippen molar-refractivity contribution in [2.75, 3.05) is 0 Å². The van der Waals surface area contributed by atoms with Crippen molar-refractivity contribution in [2.45, 2.75) is 0 Å². The van der Waals surface area contributed by atoms with Gasteiger partial charge in [-0.25, -0.2) is 0 Å². The molecule has 0 aliphatic heterocycles. The molecule has 9 aromatic carbocycles.